The zero-order valence-corrected chi connectivity index (χ0v) is 10.0. The van der Waals surface area contributed by atoms with E-state index >= 15 is 0 Å². The van der Waals surface area contributed by atoms with Gasteiger partial charge in [0.2, 0.25) is 0 Å². The average molecular weight is 193 g/mol. The Morgan fingerprint density at radius 3 is 1.57 bits per heavy atom. The van der Waals surface area contributed by atoms with Gasteiger partial charge in [-0.25, -0.2) is 0 Å². The molecule has 80 valence electrons. The Bertz CT molecular complexity index is 209. The van der Waals surface area contributed by atoms with E-state index in [1.807, 2.05) is 32.0 Å². The summed E-state index contributed by atoms with van der Waals surface area (Å²) < 4.78 is 0. The normalized spacial score (nSPS) is 9.14. The smallest absolute Gasteiger partial charge is 0.0375 e. The summed E-state index contributed by atoms with van der Waals surface area (Å²) in [4.78, 5) is 4.17. The summed E-state index contributed by atoms with van der Waals surface area (Å²) in [5.74, 6) is 0. The molecule has 0 fully saturated rings. The summed E-state index contributed by atoms with van der Waals surface area (Å²) in [6.07, 6.45) is 5.54. The Hall–Kier alpha value is -0.850. The zero-order chi connectivity index (χ0) is 10.8. The van der Waals surface area contributed by atoms with E-state index in [0.29, 0.717) is 0 Å². The first-order valence-electron chi connectivity index (χ1n) is 5.61. The number of nitrogens with zero attached hydrogens (tertiary/aromatic N) is 1. The highest BCUT2D eigenvalue weighted by atomic mass is 14.7. The van der Waals surface area contributed by atoms with E-state index in [2.05, 4.69) is 18.8 Å². The van der Waals surface area contributed by atoms with Crippen molar-refractivity contribution < 1.29 is 0 Å². The van der Waals surface area contributed by atoms with Gasteiger partial charge in [-0.15, -0.1) is 0 Å². The van der Waals surface area contributed by atoms with Crippen LogP contribution in [-0.2, 0) is 0 Å². The minimum Gasteiger partial charge on any atom is -0.258 e. The average Bonchev–Trinajstić information content (AvgIpc) is 2.15. The standard InChI is InChI=1S/C7H9N.C6H14/c1-6-4-3-5-7(2)8-6;1-3-5-6-4-2/h3-5H,1-2H3;3-6H2,1-2H3. The Labute approximate surface area is 88.6 Å². The maximum Gasteiger partial charge on any atom is 0.0375 e. The topological polar surface area (TPSA) is 12.9 Å². The Morgan fingerprint density at radius 1 is 0.929 bits per heavy atom. The van der Waals surface area contributed by atoms with E-state index < -0.39 is 0 Å². The Morgan fingerprint density at radius 2 is 1.36 bits per heavy atom. The second-order valence-corrected chi connectivity index (χ2v) is 3.63. The van der Waals surface area contributed by atoms with E-state index in [-0.39, 0.29) is 0 Å². The lowest BCUT2D eigenvalue weighted by molar-refractivity contribution is 0.702. The highest BCUT2D eigenvalue weighted by molar-refractivity contribution is 5.07. The first kappa shape index (κ1) is 13.2. The van der Waals surface area contributed by atoms with E-state index in [1.165, 1.54) is 25.7 Å². The lowest BCUT2D eigenvalue weighted by Crippen LogP contribution is -1.81. The van der Waals surface area contributed by atoms with Crippen molar-refractivity contribution in [2.75, 3.05) is 0 Å². The van der Waals surface area contributed by atoms with Crippen LogP contribution in [0.3, 0.4) is 0 Å². The van der Waals surface area contributed by atoms with Crippen LogP contribution in [0, 0.1) is 13.8 Å². The van der Waals surface area contributed by atoms with Crippen LogP contribution in [0.25, 0.3) is 0 Å². The van der Waals surface area contributed by atoms with Crippen molar-refractivity contribution in [3.63, 3.8) is 0 Å². The molecule has 0 bridgehead atoms. The molecular weight excluding hydrogens is 170 g/mol. The summed E-state index contributed by atoms with van der Waals surface area (Å²) in [6, 6.07) is 6.00. The molecule has 0 N–H and O–H groups in total. The molecule has 0 amide bonds. The van der Waals surface area contributed by atoms with Gasteiger partial charge < -0.3 is 0 Å². The van der Waals surface area contributed by atoms with Crippen molar-refractivity contribution in [2.45, 2.75) is 53.4 Å². The third-order valence-corrected chi connectivity index (χ3v) is 1.98. The van der Waals surface area contributed by atoms with Gasteiger partial charge in [0.05, 0.1) is 0 Å². The van der Waals surface area contributed by atoms with Crippen LogP contribution >= 0.6 is 0 Å². The lowest BCUT2D eigenvalue weighted by atomic mass is 10.2. The highest BCUT2D eigenvalue weighted by Crippen LogP contribution is 1.95. The van der Waals surface area contributed by atoms with Gasteiger partial charge in [0.25, 0.3) is 0 Å². The summed E-state index contributed by atoms with van der Waals surface area (Å²) in [5.41, 5.74) is 2.18. The fraction of sp³-hybridized carbons (Fsp3) is 0.615. The van der Waals surface area contributed by atoms with E-state index in [9.17, 15) is 0 Å². The minimum atomic E-state index is 1.09. The van der Waals surface area contributed by atoms with Gasteiger partial charge in [-0.3, -0.25) is 4.98 Å². The van der Waals surface area contributed by atoms with E-state index in [4.69, 9.17) is 0 Å². The predicted octanol–water partition coefficient (Wildman–Crippen LogP) is 4.29. The SMILES string of the molecule is CCCCCC.Cc1cccc(C)n1. The van der Waals surface area contributed by atoms with Gasteiger partial charge >= 0.3 is 0 Å². The third-order valence-electron chi connectivity index (χ3n) is 1.98. The lowest BCUT2D eigenvalue weighted by Gasteiger charge is -1.90. The monoisotopic (exact) mass is 193 g/mol. The van der Waals surface area contributed by atoms with Gasteiger partial charge in [-0.05, 0) is 26.0 Å². The summed E-state index contributed by atoms with van der Waals surface area (Å²) in [7, 11) is 0. The summed E-state index contributed by atoms with van der Waals surface area (Å²) in [6.45, 7) is 8.45. The fourth-order valence-corrected chi connectivity index (χ4v) is 1.18. The highest BCUT2D eigenvalue weighted by Gasteiger charge is 1.82. The van der Waals surface area contributed by atoms with Crippen LogP contribution in [0.2, 0.25) is 0 Å². The zero-order valence-electron chi connectivity index (χ0n) is 10.0. The molecule has 0 aliphatic heterocycles. The van der Waals surface area contributed by atoms with Crippen LogP contribution in [0.5, 0.6) is 0 Å². The molecule has 1 heteroatoms. The molecule has 0 radical (unpaired) electrons. The number of aryl methyl sites for hydroxylation is 2. The predicted molar refractivity (Wildman–Crippen MR) is 63.5 cm³/mol. The van der Waals surface area contributed by atoms with Crippen molar-refractivity contribution in [1.82, 2.24) is 4.98 Å². The van der Waals surface area contributed by atoms with Crippen LogP contribution in [0.1, 0.15) is 50.9 Å². The first-order valence-corrected chi connectivity index (χ1v) is 5.61. The molecular formula is C13H23N. The van der Waals surface area contributed by atoms with Gasteiger partial charge in [0, 0.05) is 11.4 Å². The Kier molecular flexibility index (Phi) is 8.20. The number of pyridine rings is 1. The molecule has 1 aromatic heterocycles. The number of hydrogen-bond donors (Lipinski definition) is 0. The number of hydrogen-bond acceptors (Lipinski definition) is 1. The largest absolute Gasteiger partial charge is 0.258 e. The fourth-order valence-electron chi connectivity index (χ4n) is 1.18. The van der Waals surface area contributed by atoms with Crippen molar-refractivity contribution in [1.29, 1.82) is 0 Å². The molecule has 0 saturated heterocycles. The maximum absolute atomic E-state index is 4.17. The third kappa shape index (κ3) is 7.78. The minimum absolute atomic E-state index is 1.09. The number of aromatic nitrogens is 1. The molecule has 14 heavy (non-hydrogen) atoms. The first-order chi connectivity index (χ1) is 6.70. The van der Waals surface area contributed by atoms with Crippen LogP contribution in [-0.4, -0.2) is 4.98 Å². The number of unbranched alkanes of at least 4 members (excludes halogenated alkanes) is 3. The second kappa shape index (κ2) is 8.74. The van der Waals surface area contributed by atoms with E-state index in [1.54, 1.807) is 0 Å². The molecule has 1 rings (SSSR count). The van der Waals surface area contributed by atoms with Crippen LogP contribution < -0.4 is 0 Å². The molecule has 0 unspecified atom stereocenters. The molecule has 0 spiro atoms. The van der Waals surface area contributed by atoms with Crippen molar-refractivity contribution >= 4 is 0 Å². The van der Waals surface area contributed by atoms with Gasteiger partial charge in [-0.2, -0.15) is 0 Å². The molecule has 0 atom stereocenters. The van der Waals surface area contributed by atoms with Gasteiger partial charge in [-0.1, -0.05) is 45.6 Å². The van der Waals surface area contributed by atoms with Gasteiger partial charge in [0.1, 0.15) is 0 Å². The van der Waals surface area contributed by atoms with Crippen molar-refractivity contribution in [3.8, 4) is 0 Å². The van der Waals surface area contributed by atoms with Crippen molar-refractivity contribution in [2.24, 2.45) is 0 Å². The molecule has 1 aromatic rings. The molecule has 0 saturated carbocycles. The second-order valence-electron chi connectivity index (χ2n) is 3.63. The quantitative estimate of drug-likeness (QED) is 0.653. The summed E-state index contributed by atoms with van der Waals surface area (Å²) >= 11 is 0. The molecule has 0 aromatic carbocycles. The van der Waals surface area contributed by atoms with Gasteiger partial charge in [0.15, 0.2) is 0 Å². The number of rotatable bonds is 3. The Balaban J connectivity index is 0.000000255. The van der Waals surface area contributed by atoms with Crippen molar-refractivity contribution in [3.05, 3.63) is 29.6 Å². The molecule has 1 nitrogen and oxygen atoms in total. The maximum atomic E-state index is 4.17. The summed E-state index contributed by atoms with van der Waals surface area (Å²) in [5, 5.41) is 0. The molecule has 0 aliphatic rings. The van der Waals surface area contributed by atoms with Crippen LogP contribution in [0.4, 0.5) is 0 Å². The van der Waals surface area contributed by atoms with Crippen LogP contribution in [0.15, 0.2) is 18.2 Å². The van der Waals surface area contributed by atoms with E-state index in [0.717, 1.165) is 11.4 Å². The molecule has 1 heterocycles. The molecule has 0 aliphatic carbocycles.